The number of likely N-dealkylation sites (tertiary alicyclic amines) is 1. The van der Waals surface area contributed by atoms with Gasteiger partial charge in [0, 0.05) is 36.0 Å². The number of hydrogen-bond acceptors (Lipinski definition) is 2. The van der Waals surface area contributed by atoms with Gasteiger partial charge in [-0.3, -0.25) is 4.79 Å². The van der Waals surface area contributed by atoms with E-state index >= 15 is 0 Å². The molecule has 1 aliphatic heterocycles. The maximum atomic E-state index is 12.2. The molecule has 0 spiro atoms. The van der Waals surface area contributed by atoms with Crippen LogP contribution < -0.4 is 0 Å². The molecule has 0 saturated carbocycles. The summed E-state index contributed by atoms with van der Waals surface area (Å²) in [5, 5.41) is 11.4. The number of benzene rings is 1. The van der Waals surface area contributed by atoms with E-state index in [4.69, 9.17) is 11.6 Å². The van der Waals surface area contributed by atoms with Crippen molar-refractivity contribution in [1.29, 1.82) is 0 Å². The second kappa shape index (κ2) is 6.60. The third kappa shape index (κ3) is 4.03. The Morgan fingerprint density at radius 1 is 1.39 bits per heavy atom. The predicted octanol–water partition coefficient (Wildman–Crippen LogP) is 2.89. The molecule has 2 aromatic rings. The van der Waals surface area contributed by atoms with Crippen LogP contribution in [-0.4, -0.2) is 39.6 Å². The first-order chi connectivity index (χ1) is 11.0. The third-order valence-corrected chi connectivity index (χ3v) is 4.33. The van der Waals surface area contributed by atoms with Crippen molar-refractivity contribution in [2.75, 3.05) is 13.1 Å². The van der Waals surface area contributed by atoms with E-state index < -0.39 is 5.60 Å². The van der Waals surface area contributed by atoms with Gasteiger partial charge in [-0.05, 0) is 42.3 Å². The number of β-amino-alcohol motifs (C(OH)–C–C–N with tert-alkyl or cyclic N) is 1. The Morgan fingerprint density at radius 3 is 3.00 bits per heavy atom. The predicted molar refractivity (Wildman–Crippen MR) is 91.1 cm³/mol. The summed E-state index contributed by atoms with van der Waals surface area (Å²) in [6.45, 7) is 0.901. The summed E-state index contributed by atoms with van der Waals surface area (Å²) in [4.78, 5) is 16.9. The van der Waals surface area contributed by atoms with Crippen molar-refractivity contribution < 1.29 is 9.90 Å². The van der Waals surface area contributed by atoms with Crippen molar-refractivity contribution in [3.63, 3.8) is 0 Å². The van der Waals surface area contributed by atoms with Crippen LogP contribution in [0.25, 0.3) is 6.08 Å². The normalized spacial score (nSPS) is 21.2. The lowest BCUT2D eigenvalue weighted by Gasteiger charge is -2.23. The first kappa shape index (κ1) is 15.8. The van der Waals surface area contributed by atoms with Gasteiger partial charge in [0.2, 0.25) is 5.91 Å². The van der Waals surface area contributed by atoms with Gasteiger partial charge in [-0.2, -0.15) is 0 Å². The number of nitrogens with zero attached hydrogens (tertiary/aromatic N) is 1. The van der Waals surface area contributed by atoms with E-state index in [0.717, 1.165) is 11.3 Å². The van der Waals surface area contributed by atoms with Crippen molar-refractivity contribution in [3.05, 3.63) is 65.0 Å². The van der Waals surface area contributed by atoms with Gasteiger partial charge in [0.25, 0.3) is 0 Å². The molecule has 1 saturated heterocycles. The second-order valence-corrected chi connectivity index (χ2v) is 6.44. The molecule has 1 aromatic heterocycles. The van der Waals surface area contributed by atoms with E-state index in [0.29, 0.717) is 31.0 Å². The molecule has 1 atom stereocenters. The van der Waals surface area contributed by atoms with Gasteiger partial charge < -0.3 is 15.0 Å². The van der Waals surface area contributed by atoms with Crippen molar-refractivity contribution in [3.8, 4) is 0 Å². The first-order valence-corrected chi connectivity index (χ1v) is 7.99. The highest BCUT2D eigenvalue weighted by Gasteiger charge is 2.37. The number of rotatable bonds is 4. The minimum absolute atomic E-state index is 0.0818. The van der Waals surface area contributed by atoms with E-state index in [1.807, 2.05) is 42.6 Å². The molecule has 3 rings (SSSR count). The van der Waals surface area contributed by atoms with Crippen LogP contribution in [0.1, 0.15) is 17.7 Å². The number of H-pyrrole nitrogens is 1. The zero-order valence-corrected chi connectivity index (χ0v) is 13.5. The van der Waals surface area contributed by atoms with E-state index in [9.17, 15) is 9.90 Å². The van der Waals surface area contributed by atoms with Crippen LogP contribution in [0.15, 0.2) is 48.7 Å². The molecule has 2 N–H and O–H groups in total. The quantitative estimate of drug-likeness (QED) is 0.847. The third-order valence-electron chi connectivity index (χ3n) is 4.09. The van der Waals surface area contributed by atoms with Crippen LogP contribution in [0.4, 0.5) is 0 Å². The number of aliphatic hydroxyl groups is 1. The molecule has 4 nitrogen and oxygen atoms in total. The molecular weight excluding hydrogens is 312 g/mol. The van der Waals surface area contributed by atoms with Gasteiger partial charge in [-0.1, -0.05) is 23.7 Å². The van der Waals surface area contributed by atoms with E-state index in [1.54, 1.807) is 11.0 Å². The number of nitrogens with one attached hydrogen (secondary N) is 1. The zero-order chi connectivity index (χ0) is 16.3. The number of carbonyl (C=O) groups is 1. The Kier molecular flexibility index (Phi) is 4.55. The average Bonchev–Trinajstić information content (AvgIpc) is 3.14. The average molecular weight is 331 g/mol. The molecule has 1 aliphatic rings. The number of carbonyl (C=O) groups excluding carboxylic acids is 1. The minimum Gasteiger partial charge on any atom is -0.388 e. The van der Waals surface area contributed by atoms with Crippen LogP contribution in [-0.2, 0) is 11.2 Å². The molecule has 1 amide bonds. The summed E-state index contributed by atoms with van der Waals surface area (Å²) in [6.07, 6.45) is 6.16. The number of aromatic nitrogens is 1. The summed E-state index contributed by atoms with van der Waals surface area (Å²) < 4.78 is 0. The largest absolute Gasteiger partial charge is 0.388 e. The molecule has 1 fully saturated rings. The molecule has 1 aromatic carbocycles. The Bertz CT molecular complexity index is 712. The summed E-state index contributed by atoms with van der Waals surface area (Å²) in [5.41, 5.74) is 0.976. The summed E-state index contributed by atoms with van der Waals surface area (Å²) in [6, 6.07) is 11.3. The molecular formula is C18H19ClN2O2. The molecule has 1 unspecified atom stereocenters. The number of halogens is 1. The molecule has 5 heteroatoms. The zero-order valence-electron chi connectivity index (χ0n) is 12.7. The smallest absolute Gasteiger partial charge is 0.246 e. The fourth-order valence-electron chi connectivity index (χ4n) is 2.93. The SMILES string of the molecule is O=C(/C=C/c1ccc[nH]1)N1CCC(O)(Cc2cccc(Cl)c2)C1. The van der Waals surface area contributed by atoms with Gasteiger partial charge in [0.15, 0.2) is 0 Å². The topological polar surface area (TPSA) is 56.3 Å². The highest BCUT2D eigenvalue weighted by Crippen LogP contribution is 2.26. The molecule has 0 aliphatic carbocycles. The van der Waals surface area contributed by atoms with Crippen LogP contribution >= 0.6 is 11.6 Å². The highest BCUT2D eigenvalue weighted by molar-refractivity contribution is 6.30. The molecule has 120 valence electrons. The van der Waals surface area contributed by atoms with Crippen LogP contribution in [0.5, 0.6) is 0 Å². The van der Waals surface area contributed by atoms with Crippen molar-refractivity contribution in [2.45, 2.75) is 18.4 Å². The van der Waals surface area contributed by atoms with E-state index in [1.165, 1.54) is 6.08 Å². The number of aromatic amines is 1. The van der Waals surface area contributed by atoms with E-state index in [-0.39, 0.29) is 5.91 Å². The Hall–Kier alpha value is -2.04. The highest BCUT2D eigenvalue weighted by atomic mass is 35.5. The van der Waals surface area contributed by atoms with Gasteiger partial charge in [0.1, 0.15) is 0 Å². The molecule has 0 bridgehead atoms. The van der Waals surface area contributed by atoms with Gasteiger partial charge in [-0.15, -0.1) is 0 Å². The minimum atomic E-state index is -0.888. The van der Waals surface area contributed by atoms with E-state index in [2.05, 4.69) is 4.98 Å². The summed E-state index contributed by atoms with van der Waals surface area (Å²) in [5.74, 6) is -0.0818. The Balaban J connectivity index is 1.61. The lowest BCUT2D eigenvalue weighted by atomic mass is 9.94. The standard InChI is InChI=1S/C18H19ClN2O2/c19-15-4-1-3-14(11-15)12-18(23)8-10-21(13-18)17(22)7-6-16-5-2-9-20-16/h1-7,9,11,20,23H,8,10,12-13H2/b7-6+. The lowest BCUT2D eigenvalue weighted by Crippen LogP contribution is -2.37. The number of amides is 1. The number of hydrogen-bond donors (Lipinski definition) is 2. The molecule has 2 heterocycles. The summed E-state index contributed by atoms with van der Waals surface area (Å²) in [7, 11) is 0. The Labute approximate surface area is 140 Å². The summed E-state index contributed by atoms with van der Waals surface area (Å²) >= 11 is 5.99. The second-order valence-electron chi connectivity index (χ2n) is 6.00. The van der Waals surface area contributed by atoms with Crippen molar-refractivity contribution in [2.24, 2.45) is 0 Å². The maximum Gasteiger partial charge on any atom is 0.246 e. The van der Waals surface area contributed by atoms with Gasteiger partial charge in [0.05, 0.1) is 12.1 Å². The van der Waals surface area contributed by atoms with Crippen molar-refractivity contribution >= 4 is 23.6 Å². The van der Waals surface area contributed by atoms with Crippen LogP contribution in [0.3, 0.4) is 0 Å². The van der Waals surface area contributed by atoms with Crippen LogP contribution in [0.2, 0.25) is 5.02 Å². The maximum absolute atomic E-state index is 12.2. The fourth-order valence-corrected chi connectivity index (χ4v) is 3.14. The van der Waals surface area contributed by atoms with Crippen molar-refractivity contribution in [1.82, 2.24) is 9.88 Å². The molecule has 0 radical (unpaired) electrons. The fraction of sp³-hybridized carbons (Fsp3) is 0.278. The monoisotopic (exact) mass is 330 g/mol. The molecule has 23 heavy (non-hydrogen) atoms. The first-order valence-electron chi connectivity index (χ1n) is 7.61. The lowest BCUT2D eigenvalue weighted by molar-refractivity contribution is -0.125. The Morgan fingerprint density at radius 2 is 2.26 bits per heavy atom. The van der Waals surface area contributed by atoms with Crippen LogP contribution in [0, 0.1) is 0 Å². The van der Waals surface area contributed by atoms with Gasteiger partial charge >= 0.3 is 0 Å². The van der Waals surface area contributed by atoms with Gasteiger partial charge in [-0.25, -0.2) is 0 Å².